The van der Waals surface area contributed by atoms with Crippen molar-refractivity contribution in [2.24, 2.45) is 17.8 Å². The fraction of sp³-hybridized carbons (Fsp3) is 1.00. The Morgan fingerprint density at radius 1 is 1.05 bits per heavy atom. The molecule has 118 valence electrons. The number of piperidine rings is 1. The minimum Gasteiger partial charge on any atom is -0.314 e. The highest BCUT2D eigenvalue weighted by Crippen LogP contribution is 2.29. The predicted molar refractivity (Wildman–Crippen MR) is 88.0 cm³/mol. The van der Waals surface area contributed by atoms with E-state index < -0.39 is 0 Å². The van der Waals surface area contributed by atoms with Gasteiger partial charge in [-0.15, -0.1) is 0 Å². The number of nitrogens with one attached hydrogen (secondary N) is 1. The topological polar surface area (TPSA) is 15.3 Å². The first kappa shape index (κ1) is 16.3. The summed E-state index contributed by atoms with van der Waals surface area (Å²) < 4.78 is 0. The smallest absolute Gasteiger partial charge is 0.0107 e. The van der Waals surface area contributed by atoms with Crippen LogP contribution in [0.5, 0.6) is 0 Å². The quantitative estimate of drug-likeness (QED) is 0.793. The molecule has 2 aliphatic rings. The lowest BCUT2D eigenvalue weighted by atomic mass is 9.82. The van der Waals surface area contributed by atoms with Crippen LogP contribution in [-0.2, 0) is 0 Å². The molecule has 2 nitrogen and oxygen atoms in total. The van der Waals surface area contributed by atoms with Crippen molar-refractivity contribution >= 4 is 0 Å². The zero-order valence-corrected chi connectivity index (χ0v) is 14.0. The van der Waals surface area contributed by atoms with E-state index in [4.69, 9.17) is 0 Å². The Balaban J connectivity index is 1.76. The molecule has 0 aromatic carbocycles. The lowest BCUT2D eigenvalue weighted by molar-refractivity contribution is 0.114. The summed E-state index contributed by atoms with van der Waals surface area (Å²) in [6.07, 6.45) is 9.88. The number of likely N-dealkylation sites (tertiary alicyclic amines) is 1. The molecule has 1 aliphatic heterocycles. The molecule has 0 radical (unpaired) electrons. The van der Waals surface area contributed by atoms with Gasteiger partial charge in [0.05, 0.1) is 0 Å². The Kier molecular flexibility index (Phi) is 6.83. The van der Waals surface area contributed by atoms with E-state index >= 15 is 0 Å². The highest BCUT2D eigenvalue weighted by atomic mass is 15.1. The molecule has 1 aliphatic carbocycles. The van der Waals surface area contributed by atoms with Crippen molar-refractivity contribution < 1.29 is 0 Å². The summed E-state index contributed by atoms with van der Waals surface area (Å²) in [5.41, 5.74) is 0. The SMILES string of the molecule is CCCNC1CCCCC1CN1CCC(C(C)C)CC1. The van der Waals surface area contributed by atoms with Crippen molar-refractivity contribution in [2.75, 3.05) is 26.2 Å². The van der Waals surface area contributed by atoms with Gasteiger partial charge in [-0.05, 0) is 69.5 Å². The van der Waals surface area contributed by atoms with Crippen LogP contribution in [0.4, 0.5) is 0 Å². The molecular weight excluding hydrogens is 244 g/mol. The first-order chi connectivity index (χ1) is 9.70. The van der Waals surface area contributed by atoms with Crippen molar-refractivity contribution in [3.05, 3.63) is 0 Å². The van der Waals surface area contributed by atoms with Crippen LogP contribution in [0.25, 0.3) is 0 Å². The molecule has 1 saturated heterocycles. The summed E-state index contributed by atoms with van der Waals surface area (Å²) in [4.78, 5) is 2.76. The molecule has 1 N–H and O–H groups in total. The molecule has 2 rings (SSSR count). The molecule has 0 amide bonds. The van der Waals surface area contributed by atoms with Crippen molar-refractivity contribution in [2.45, 2.75) is 71.8 Å². The zero-order valence-electron chi connectivity index (χ0n) is 14.0. The van der Waals surface area contributed by atoms with Gasteiger partial charge in [0.25, 0.3) is 0 Å². The second-order valence-corrected chi connectivity index (χ2v) is 7.49. The summed E-state index contributed by atoms with van der Waals surface area (Å²) in [7, 11) is 0. The van der Waals surface area contributed by atoms with Crippen molar-refractivity contribution in [3.63, 3.8) is 0 Å². The highest BCUT2D eigenvalue weighted by Gasteiger charge is 2.28. The molecule has 20 heavy (non-hydrogen) atoms. The Morgan fingerprint density at radius 2 is 1.75 bits per heavy atom. The van der Waals surface area contributed by atoms with Crippen LogP contribution in [0.1, 0.15) is 65.7 Å². The summed E-state index contributed by atoms with van der Waals surface area (Å²) in [5.74, 6) is 2.77. The summed E-state index contributed by atoms with van der Waals surface area (Å²) in [6, 6.07) is 0.798. The van der Waals surface area contributed by atoms with Gasteiger partial charge in [0, 0.05) is 12.6 Å². The fourth-order valence-electron chi connectivity index (χ4n) is 4.16. The number of hydrogen-bond acceptors (Lipinski definition) is 2. The maximum absolute atomic E-state index is 3.81. The highest BCUT2D eigenvalue weighted by molar-refractivity contribution is 4.85. The van der Waals surface area contributed by atoms with E-state index in [0.29, 0.717) is 0 Å². The molecule has 0 aromatic rings. The predicted octanol–water partition coefficient (Wildman–Crippen LogP) is 3.91. The lowest BCUT2D eigenvalue weighted by Gasteiger charge is -2.39. The van der Waals surface area contributed by atoms with Gasteiger partial charge in [-0.2, -0.15) is 0 Å². The summed E-state index contributed by atoms with van der Waals surface area (Å²) >= 11 is 0. The van der Waals surface area contributed by atoms with Gasteiger partial charge in [0.2, 0.25) is 0 Å². The normalized spacial score (nSPS) is 30.0. The second kappa shape index (κ2) is 8.38. The van der Waals surface area contributed by atoms with Crippen LogP contribution in [0.3, 0.4) is 0 Å². The van der Waals surface area contributed by atoms with Crippen LogP contribution in [0.2, 0.25) is 0 Å². The molecule has 0 spiro atoms. The third-order valence-corrected chi connectivity index (χ3v) is 5.63. The molecule has 0 aromatic heterocycles. The van der Waals surface area contributed by atoms with Crippen LogP contribution >= 0.6 is 0 Å². The average Bonchev–Trinajstić information content (AvgIpc) is 2.47. The second-order valence-electron chi connectivity index (χ2n) is 7.49. The molecule has 1 heterocycles. The average molecular weight is 281 g/mol. The Bertz CT molecular complexity index is 256. The molecule has 2 atom stereocenters. The molecule has 2 unspecified atom stereocenters. The maximum Gasteiger partial charge on any atom is 0.0107 e. The fourth-order valence-corrected chi connectivity index (χ4v) is 4.16. The lowest BCUT2D eigenvalue weighted by Crippen LogP contribution is -2.46. The Hall–Kier alpha value is -0.0800. The molecule has 1 saturated carbocycles. The molecular formula is C18H36N2. The van der Waals surface area contributed by atoms with Gasteiger partial charge in [-0.25, -0.2) is 0 Å². The van der Waals surface area contributed by atoms with E-state index in [9.17, 15) is 0 Å². The molecule has 0 bridgehead atoms. The largest absolute Gasteiger partial charge is 0.314 e. The molecule has 2 fully saturated rings. The molecule has 2 heteroatoms. The van der Waals surface area contributed by atoms with Gasteiger partial charge in [-0.3, -0.25) is 0 Å². The standard InChI is InChI=1S/C18H36N2/c1-4-11-19-18-8-6-5-7-17(18)14-20-12-9-16(10-13-20)15(2)3/h15-19H,4-14H2,1-3H3. The van der Waals surface area contributed by atoms with Gasteiger partial charge < -0.3 is 10.2 Å². The van der Waals surface area contributed by atoms with Crippen LogP contribution < -0.4 is 5.32 Å². The van der Waals surface area contributed by atoms with Gasteiger partial charge in [0.15, 0.2) is 0 Å². The van der Waals surface area contributed by atoms with E-state index in [1.54, 1.807) is 0 Å². The van der Waals surface area contributed by atoms with Crippen LogP contribution in [0, 0.1) is 17.8 Å². The Morgan fingerprint density at radius 3 is 2.40 bits per heavy atom. The van der Waals surface area contributed by atoms with Crippen molar-refractivity contribution in [3.8, 4) is 0 Å². The van der Waals surface area contributed by atoms with Gasteiger partial charge >= 0.3 is 0 Å². The monoisotopic (exact) mass is 280 g/mol. The maximum atomic E-state index is 3.81. The van der Waals surface area contributed by atoms with E-state index in [-0.39, 0.29) is 0 Å². The minimum absolute atomic E-state index is 0.798. The first-order valence-electron chi connectivity index (χ1n) is 9.16. The number of nitrogens with zero attached hydrogens (tertiary/aromatic N) is 1. The van der Waals surface area contributed by atoms with Gasteiger partial charge in [0.1, 0.15) is 0 Å². The van der Waals surface area contributed by atoms with E-state index in [1.165, 1.54) is 71.1 Å². The summed E-state index contributed by atoms with van der Waals surface area (Å²) in [5, 5.41) is 3.81. The zero-order chi connectivity index (χ0) is 14.4. The van der Waals surface area contributed by atoms with Crippen LogP contribution in [0.15, 0.2) is 0 Å². The first-order valence-corrected chi connectivity index (χ1v) is 9.16. The van der Waals surface area contributed by atoms with E-state index in [2.05, 4.69) is 31.0 Å². The number of hydrogen-bond donors (Lipinski definition) is 1. The Labute approximate surface area is 126 Å². The van der Waals surface area contributed by atoms with Crippen molar-refractivity contribution in [1.82, 2.24) is 10.2 Å². The minimum atomic E-state index is 0.798. The van der Waals surface area contributed by atoms with Crippen molar-refractivity contribution in [1.29, 1.82) is 0 Å². The van der Waals surface area contributed by atoms with E-state index in [1.807, 2.05) is 0 Å². The number of rotatable bonds is 6. The van der Waals surface area contributed by atoms with Crippen LogP contribution in [-0.4, -0.2) is 37.1 Å². The van der Waals surface area contributed by atoms with Gasteiger partial charge in [-0.1, -0.05) is 33.6 Å². The van der Waals surface area contributed by atoms with E-state index in [0.717, 1.165) is 23.8 Å². The third-order valence-electron chi connectivity index (χ3n) is 5.63. The summed E-state index contributed by atoms with van der Waals surface area (Å²) in [6.45, 7) is 12.3. The third kappa shape index (κ3) is 4.73.